The van der Waals surface area contributed by atoms with Gasteiger partial charge in [-0.1, -0.05) is 0 Å². The van der Waals surface area contributed by atoms with Crippen molar-refractivity contribution >= 4 is 16.1 Å². The topological polar surface area (TPSA) is 114 Å². The van der Waals surface area contributed by atoms with Crippen LogP contribution >= 0.6 is 0 Å². The monoisotopic (exact) mass is 401 g/mol. The van der Waals surface area contributed by atoms with Gasteiger partial charge in [-0.25, -0.2) is 18.0 Å². The molecule has 0 radical (unpaired) electrons. The summed E-state index contributed by atoms with van der Waals surface area (Å²) in [5.74, 6) is 0. The molecule has 0 spiro atoms. The average molecular weight is 401 g/mol. The van der Waals surface area contributed by atoms with Crippen molar-refractivity contribution < 1.29 is 17.9 Å². The van der Waals surface area contributed by atoms with Crippen LogP contribution in [0.1, 0.15) is 0 Å². The van der Waals surface area contributed by atoms with Gasteiger partial charge < -0.3 is 19.1 Å². The smallest absolute Gasteiger partial charge is 0.330 e. The Morgan fingerprint density at radius 2 is 1.52 bits per heavy atom. The molecule has 2 fully saturated rings. The highest BCUT2D eigenvalue weighted by Gasteiger charge is 2.34. The van der Waals surface area contributed by atoms with Crippen molar-refractivity contribution in [3.05, 3.63) is 27.0 Å². The van der Waals surface area contributed by atoms with Crippen LogP contribution in [0.5, 0.6) is 0 Å². The first-order valence-corrected chi connectivity index (χ1v) is 10.1. The number of aromatic nitrogens is 2. The van der Waals surface area contributed by atoms with Crippen molar-refractivity contribution in [2.24, 2.45) is 14.1 Å². The lowest BCUT2D eigenvalue weighted by Crippen LogP contribution is -2.56. The minimum absolute atomic E-state index is 0.0877. The van der Waals surface area contributed by atoms with Crippen molar-refractivity contribution in [1.29, 1.82) is 0 Å². The molecular weight excluding hydrogens is 378 g/mol. The lowest BCUT2D eigenvalue weighted by atomic mass is 10.3. The highest BCUT2D eigenvalue weighted by Crippen LogP contribution is 2.15. The van der Waals surface area contributed by atoms with Crippen molar-refractivity contribution in [1.82, 2.24) is 23.2 Å². The molecule has 2 saturated heterocycles. The third kappa shape index (κ3) is 3.64. The first kappa shape index (κ1) is 19.6. The number of sulfonamides is 1. The van der Waals surface area contributed by atoms with Gasteiger partial charge >= 0.3 is 11.7 Å². The number of carbonyl (C=O) groups is 1. The number of amides is 2. The van der Waals surface area contributed by atoms with Crippen LogP contribution in [-0.2, 0) is 28.9 Å². The van der Waals surface area contributed by atoms with E-state index in [1.807, 2.05) is 0 Å². The number of carbonyl (C=O) groups excluding carboxylic acids is 1. The largest absolute Gasteiger partial charge is 0.378 e. The number of ether oxygens (including phenoxy) is 1. The Balaban J connectivity index is 1.75. The molecule has 0 bridgehead atoms. The lowest BCUT2D eigenvalue weighted by molar-refractivity contribution is 0.0405. The zero-order valence-electron chi connectivity index (χ0n) is 15.3. The van der Waals surface area contributed by atoms with Gasteiger partial charge in [-0.15, -0.1) is 0 Å². The van der Waals surface area contributed by atoms with Crippen LogP contribution in [0, 0.1) is 0 Å². The Labute approximate surface area is 156 Å². The average Bonchev–Trinajstić information content (AvgIpc) is 2.69. The number of urea groups is 1. The molecule has 12 heteroatoms. The molecule has 0 aromatic carbocycles. The predicted octanol–water partition coefficient (Wildman–Crippen LogP) is -2.16. The van der Waals surface area contributed by atoms with Gasteiger partial charge in [0.2, 0.25) is 10.0 Å². The number of hydrogen-bond acceptors (Lipinski definition) is 6. The van der Waals surface area contributed by atoms with E-state index in [-0.39, 0.29) is 32.2 Å². The molecule has 1 aromatic rings. The van der Waals surface area contributed by atoms with Crippen molar-refractivity contribution in [3.63, 3.8) is 0 Å². The minimum Gasteiger partial charge on any atom is -0.378 e. The lowest BCUT2D eigenvalue weighted by Gasteiger charge is -2.37. The van der Waals surface area contributed by atoms with Gasteiger partial charge in [0.05, 0.1) is 13.2 Å². The summed E-state index contributed by atoms with van der Waals surface area (Å²) in [5, 5.41) is 0. The third-order valence-corrected chi connectivity index (χ3v) is 6.70. The Morgan fingerprint density at radius 3 is 2.11 bits per heavy atom. The Bertz CT molecular complexity index is 938. The molecule has 1 aromatic heterocycles. The van der Waals surface area contributed by atoms with Crippen LogP contribution in [0.25, 0.3) is 0 Å². The Morgan fingerprint density at radius 1 is 0.963 bits per heavy atom. The molecule has 2 amide bonds. The highest BCUT2D eigenvalue weighted by molar-refractivity contribution is 7.89. The van der Waals surface area contributed by atoms with E-state index in [1.54, 1.807) is 9.80 Å². The molecule has 150 valence electrons. The van der Waals surface area contributed by atoms with E-state index in [4.69, 9.17) is 4.74 Å². The fourth-order valence-corrected chi connectivity index (χ4v) is 4.74. The first-order valence-electron chi connectivity index (χ1n) is 8.62. The van der Waals surface area contributed by atoms with Crippen molar-refractivity contribution in [2.45, 2.75) is 4.90 Å². The standard InChI is InChI=1S/C15H23N5O6S/c1-16-11-12(13(21)17(2)14(16)22)27(24,25)20-5-3-18(4-6-20)15(23)19-7-9-26-10-8-19/h11H,3-10H2,1-2H3. The number of hydrogen-bond donors (Lipinski definition) is 0. The second-order valence-corrected chi connectivity index (χ2v) is 8.43. The molecule has 0 aliphatic carbocycles. The molecule has 0 N–H and O–H groups in total. The number of nitrogens with zero attached hydrogens (tertiary/aromatic N) is 5. The molecular formula is C15H23N5O6S. The fourth-order valence-electron chi connectivity index (χ4n) is 3.17. The minimum atomic E-state index is -4.06. The molecule has 0 unspecified atom stereocenters. The van der Waals surface area contributed by atoms with E-state index in [1.165, 1.54) is 18.4 Å². The normalized spacial score (nSPS) is 19.3. The van der Waals surface area contributed by atoms with Gasteiger partial charge in [-0.05, 0) is 0 Å². The molecule has 11 nitrogen and oxygen atoms in total. The number of rotatable bonds is 2. The SMILES string of the molecule is Cn1cc(S(=O)(=O)N2CCN(C(=O)N3CCOCC3)CC2)c(=O)n(C)c1=O. The third-order valence-electron chi connectivity index (χ3n) is 4.82. The van der Waals surface area contributed by atoms with E-state index in [9.17, 15) is 22.8 Å². The summed E-state index contributed by atoms with van der Waals surface area (Å²) in [6.45, 7) is 2.68. The van der Waals surface area contributed by atoms with E-state index in [2.05, 4.69) is 0 Å². The summed E-state index contributed by atoms with van der Waals surface area (Å²) in [5.41, 5.74) is -1.45. The van der Waals surface area contributed by atoms with Crippen LogP contribution in [-0.4, -0.2) is 90.2 Å². The maximum Gasteiger partial charge on any atom is 0.330 e. The Kier molecular flexibility index (Phi) is 5.40. The molecule has 2 aliphatic rings. The van der Waals surface area contributed by atoms with Crippen LogP contribution in [0.15, 0.2) is 20.7 Å². The summed E-state index contributed by atoms with van der Waals surface area (Å²) in [7, 11) is -1.43. The van der Waals surface area contributed by atoms with Crippen LogP contribution in [0.2, 0.25) is 0 Å². The summed E-state index contributed by atoms with van der Waals surface area (Å²) in [6.07, 6.45) is 1.05. The molecule has 0 saturated carbocycles. The highest BCUT2D eigenvalue weighted by atomic mass is 32.2. The van der Waals surface area contributed by atoms with Crippen LogP contribution in [0.3, 0.4) is 0 Å². The summed E-state index contributed by atoms with van der Waals surface area (Å²) in [4.78, 5) is 39.4. The molecule has 0 atom stereocenters. The molecule has 3 rings (SSSR count). The summed E-state index contributed by atoms with van der Waals surface area (Å²) in [6, 6.07) is -0.131. The van der Waals surface area contributed by atoms with Gasteiger partial charge in [0.1, 0.15) is 0 Å². The van der Waals surface area contributed by atoms with E-state index in [0.717, 1.165) is 15.3 Å². The maximum absolute atomic E-state index is 12.9. The number of aryl methyl sites for hydroxylation is 1. The van der Waals surface area contributed by atoms with Crippen molar-refractivity contribution in [2.75, 3.05) is 52.5 Å². The van der Waals surface area contributed by atoms with Crippen LogP contribution < -0.4 is 11.2 Å². The number of morpholine rings is 1. The van der Waals surface area contributed by atoms with Crippen LogP contribution in [0.4, 0.5) is 4.79 Å². The molecule has 3 heterocycles. The van der Waals surface area contributed by atoms with Crippen molar-refractivity contribution in [3.8, 4) is 0 Å². The molecule has 2 aliphatic heterocycles. The van der Waals surface area contributed by atoms with Gasteiger partial charge in [0.15, 0.2) is 4.90 Å². The maximum atomic E-state index is 12.9. The molecule has 27 heavy (non-hydrogen) atoms. The van der Waals surface area contributed by atoms with Gasteiger partial charge in [0, 0.05) is 59.6 Å². The predicted molar refractivity (Wildman–Crippen MR) is 95.0 cm³/mol. The second kappa shape index (κ2) is 7.44. The van der Waals surface area contributed by atoms with E-state index in [0.29, 0.717) is 26.3 Å². The first-order chi connectivity index (χ1) is 12.7. The van der Waals surface area contributed by atoms with E-state index < -0.39 is 26.2 Å². The summed E-state index contributed by atoms with van der Waals surface area (Å²) >= 11 is 0. The van der Waals surface area contributed by atoms with Gasteiger partial charge in [-0.2, -0.15) is 4.31 Å². The quantitative estimate of drug-likeness (QED) is 0.558. The zero-order valence-corrected chi connectivity index (χ0v) is 16.1. The fraction of sp³-hybridized carbons (Fsp3) is 0.667. The number of piperazine rings is 1. The van der Waals surface area contributed by atoms with Gasteiger partial charge in [0.25, 0.3) is 5.56 Å². The van der Waals surface area contributed by atoms with E-state index >= 15 is 0 Å². The zero-order chi connectivity index (χ0) is 19.8. The Hall–Kier alpha value is -2.18. The summed E-state index contributed by atoms with van der Waals surface area (Å²) < 4.78 is 34.0. The van der Waals surface area contributed by atoms with Gasteiger partial charge in [-0.3, -0.25) is 9.36 Å². The second-order valence-electron chi connectivity index (χ2n) is 6.52.